The van der Waals surface area contributed by atoms with Crippen LogP contribution in [0.25, 0.3) is 0 Å². The van der Waals surface area contributed by atoms with Gasteiger partial charge in [0.25, 0.3) is 0 Å². The molecule has 0 saturated carbocycles. The molecule has 12 heavy (non-hydrogen) atoms. The Morgan fingerprint density at radius 1 is 1.08 bits per heavy atom. The van der Waals surface area contributed by atoms with Crippen LogP contribution in [0.2, 0.25) is 0 Å². The quantitative estimate of drug-likeness (QED) is 0.660. The zero-order valence-corrected chi connectivity index (χ0v) is 8.60. The van der Waals surface area contributed by atoms with E-state index in [-0.39, 0.29) is 0 Å². The average molecular weight is 185 g/mol. The van der Waals surface area contributed by atoms with Crippen molar-refractivity contribution in [2.24, 2.45) is 0 Å². The Hall–Kier alpha value is 0.310. The summed E-state index contributed by atoms with van der Waals surface area (Å²) in [6.07, 6.45) is 8.61. The van der Waals surface area contributed by atoms with Gasteiger partial charge in [0.1, 0.15) is 0 Å². The fraction of sp³-hybridized carbons (Fsp3) is 1.00. The lowest BCUT2D eigenvalue weighted by Gasteiger charge is -2.34. The maximum absolute atomic E-state index is 4.27. The molecule has 2 atom stereocenters. The van der Waals surface area contributed by atoms with Crippen LogP contribution < -0.4 is 0 Å². The Morgan fingerprint density at radius 2 is 1.75 bits per heavy atom. The highest BCUT2D eigenvalue weighted by atomic mass is 32.1. The van der Waals surface area contributed by atoms with Crippen LogP contribution in [0.1, 0.15) is 38.5 Å². The first-order valence-corrected chi connectivity index (χ1v) is 5.91. The highest BCUT2D eigenvalue weighted by Crippen LogP contribution is 2.35. The van der Waals surface area contributed by atoms with Crippen molar-refractivity contribution in [2.75, 3.05) is 12.3 Å². The van der Waals surface area contributed by atoms with Gasteiger partial charge in [0.2, 0.25) is 0 Å². The van der Waals surface area contributed by atoms with E-state index in [1.54, 1.807) is 0 Å². The molecule has 0 amide bonds. The zero-order valence-electron chi connectivity index (χ0n) is 7.71. The average Bonchev–Trinajstić information content (AvgIpc) is 2.36. The fourth-order valence-corrected chi connectivity index (χ4v) is 2.98. The van der Waals surface area contributed by atoms with E-state index in [2.05, 4.69) is 17.5 Å². The predicted octanol–water partition coefficient (Wildman–Crippen LogP) is 2.32. The van der Waals surface area contributed by atoms with Crippen molar-refractivity contribution >= 4 is 12.6 Å². The molecular weight excluding hydrogens is 166 g/mol. The van der Waals surface area contributed by atoms with Crippen molar-refractivity contribution in [3.8, 4) is 0 Å². The molecule has 0 aromatic rings. The van der Waals surface area contributed by atoms with E-state index in [0.717, 1.165) is 17.8 Å². The highest BCUT2D eigenvalue weighted by molar-refractivity contribution is 7.80. The van der Waals surface area contributed by atoms with Gasteiger partial charge < -0.3 is 0 Å². The number of hydrogen-bond acceptors (Lipinski definition) is 2. The molecule has 70 valence electrons. The van der Waals surface area contributed by atoms with Gasteiger partial charge in [-0.2, -0.15) is 12.6 Å². The molecule has 0 aromatic carbocycles. The summed E-state index contributed by atoms with van der Waals surface area (Å²) in [5.74, 6) is 1.05. The molecule has 2 bridgehead atoms. The number of piperidine rings is 1. The van der Waals surface area contributed by atoms with Gasteiger partial charge in [-0.05, 0) is 44.4 Å². The Morgan fingerprint density at radius 3 is 2.33 bits per heavy atom. The van der Waals surface area contributed by atoms with Crippen molar-refractivity contribution in [3.05, 3.63) is 0 Å². The second-order valence-corrected chi connectivity index (χ2v) is 4.58. The minimum absolute atomic E-state index is 0.948. The number of fused-ring (bicyclic) bond motifs is 2. The van der Waals surface area contributed by atoms with E-state index in [0.29, 0.717) is 0 Å². The van der Waals surface area contributed by atoms with Crippen LogP contribution in [0.15, 0.2) is 0 Å². The Labute approximate surface area is 80.9 Å². The molecule has 2 heterocycles. The molecule has 2 heteroatoms. The van der Waals surface area contributed by atoms with Crippen molar-refractivity contribution in [3.63, 3.8) is 0 Å². The van der Waals surface area contributed by atoms with Crippen LogP contribution >= 0.6 is 12.6 Å². The van der Waals surface area contributed by atoms with Gasteiger partial charge >= 0.3 is 0 Å². The summed E-state index contributed by atoms with van der Waals surface area (Å²) in [6.45, 7) is 1.30. The molecule has 0 radical (unpaired) electrons. The topological polar surface area (TPSA) is 3.24 Å². The van der Waals surface area contributed by atoms with Crippen LogP contribution in [0.4, 0.5) is 0 Å². The third kappa shape index (κ3) is 1.64. The zero-order chi connectivity index (χ0) is 8.39. The van der Waals surface area contributed by atoms with Gasteiger partial charge in [0, 0.05) is 12.1 Å². The molecule has 2 saturated heterocycles. The lowest BCUT2D eigenvalue weighted by Crippen LogP contribution is -2.40. The molecule has 2 fully saturated rings. The second kappa shape index (κ2) is 4.01. The standard InChI is InChI=1S/C10H19NS/c12-8-2-7-11-9-3-1-4-10(11)6-5-9/h9-10,12H,1-8H2. The molecule has 0 spiro atoms. The van der Waals surface area contributed by atoms with Crippen molar-refractivity contribution < 1.29 is 0 Å². The van der Waals surface area contributed by atoms with Gasteiger partial charge in [0.15, 0.2) is 0 Å². The van der Waals surface area contributed by atoms with Gasteiger partial charge in [0.05, 0.1) is 0 Å². The summed E-state index contributed by atoms with van der Waals surface area (Å²) >= 11 is 4.27. The maximum Gasteiger partial charge on any atom is 0.00987 e. The maximum atomic E-state index is 4.27. The third-order valence-electron chi connectivity index (χ3n) is 3.42. The molecule has 2 aliphatic heterocycles. The summed E-state index contributed by atoms with van der Waals surface area (Å²) in [6, 6.07) is 1.90. The lowest BCUT2D eigenvalue weighted by atomic mass is 10.0. The Bertz CT molecular complexity index is 133. The van der Waals surface area contributed by atoms with E-state index in [4.69, 9.17) is 0 Å². The first-order chi connectivity index (χ1) is 5.92. The Kier molecular flexibility index (Phi) is 2.97. The summed E-state index contributed by atoms with van der Waals surface area (Å²) in [5, 5.41) is 0. The van der Waals surface area contributed by atoms with E-state index in [9.17, 15) is 0 Å². The summed E-state index contributed by atoms with van der Waals surface area (Å²) in [7, 11) is 0. The summed E-state index contributed by atoms with van der Waals surface area (Å²) in [5.41, 5.74) is 0. The van der Waals surface area contributed by atoms with E-state index < -0.39 is 0 Å². The first kappa shape index (κ1) is 8.89. The van der Waals surface area contributed by atoms with E-state index in [1.807, 2.05) is 0 Å². The molecule has 2 rings (SSSR count). The molecule has 1 nitrogen and oxygen atoms in total. The Balaban J connectivity index is 1.87. The van der Waals surface area contributed by atoms with Gasteiger partial charge in [-0.25, -0.2) is 0 Å². The normalized spacial score (nSPS) is 35.8. The van der Waals surface area contributed by atoms with Crippen molar-refractivity contribution in [1.29, 1.82) is 0 Å². The van der Waals surface area contributed by atoms with Gasteiger partial charge in [-0.3, -0.25) is 4.90 Å². The van der Waals surface area contributed by atoms with E-state index in [1.165, 1.54) is 45.1 Å². The minimum atomic E-state index is 0.948. The predicted molar refractivity (Wildman–Crippen MR) is 55.8 cm³/mol. The van der Waals surface area contributed by atoms with Gasteiger partial charge in [-0.1, -0.05) is 6.42 Å². The van der Waals surface area contributed by atoms with Crippen LogP contribution in [-0.2, 0) is 0 Å². The van der Waals surface area contributed by atoms with Crippen LogP contribution in [-0.4, -0.2) is 29.3 Å². The summed E-state index contributed by atoms with van der Waals surface area (Å²) in [4.78, 5) is 2.75. The smallest absolute Gasteiger partial charge is 0.00987 e. The first-order valence-electron chi connectivity index (χ1n) is 5.28. The third-order valence-corrected chi connectivity index (χ3v) is 3.74. The number of hydrogen-bond donors (Lipinski definition) is 1. The molecule has 0 N–H and O–H groups in total. The second-order valence-electron chi connectivity index (χ2n) is 4.13. The van der Waals surface area contributed by atoms with Crippen LogP contribution in [0, 0.1) is 0 Å². The van der Waals surface area contributed by atoms with Crippen LogP contribution in [0.3, 0.4) is 0 Å². The largest absolute Gasteiger partial charge is 0.297 e. The molecule has 2 unspecified atom stereocenters. The van der Waals surface area contributed by atoms with Crippen LogP contribution in [0.5, 0.6) is 0 Å². The molecule has 0 aliphatic carbocycles. The molecule has 2 aliphatic rings. The van der Waals surface area contributed by atoms with Crippen molar-refractivity contribution in [2.45, 2.75) is 50.6 Å². The highest BCUT2D eigenvalue weighted by Gasteiger charge is 2.35. The molecule has 0 aromatic heterocycles. The minimum Gasteiger partial charge on any atom is -0.297 e. The number of thiol groups is 1. The van der Waals surface area contributed by atoms with E-state index >= 15 is 0 Å². The van der Waals surface area contributed by atoms with Crippen molar-refractivity contribution in [1.82, 2.24) is 4.90 Å². The van der Waals surface area contributed by atoms with Gasteiger partial charge in [-0.15, -0.1) is 0 Å². The summed E-state index contributed by atoms with van der Waals surface area (Å²) < 4.78 is 0. The molecular formula is C10H19NS. The SMILES string of the molecule is SCCCN1C2CCCC1CC2. The lowest BCUT2D eigenvalue weighted by molar-refractivity contribution is 0.141. The monoisotopic (exact) mass is 185 g/mol. The number of rotatable bonds is 3. The fourth-order valence-electron chi connectivity index (χ4n) is 2.84. The number of nitrogens with zero attached hydrogens (tertiary/aromatic N) is 1.